The summed E-state index contributed by atoms with van der Waals surface area (Å²) in [6.45, 7) is 0. The number of benzene rings is 3. The number of anilines is 1. The zero-order chi connectivity index (χ0) is 23.4. The van der Waals surface area contributed by atoms with Gasteiger partial charge in [0, 0.05) is 23.8 Å². The molecule has 1 aromatic heterocycles. The maximum Gasteiger partial charge on any atom is 0.332 e. The molecule has 0 saturated heterocycles. The molecule has 0 unspecified atom stereocenters. The average Bonchev–Trinajstić information content (AvgIpc) is 3.08. The third-order valence-electron chi connectivity index (χ3n) is 5.97. The van der Waals surface area contributed by atoms with E-state index >= 15 is 0 Å². The molecule has 0 spiro atoms. The Morgan fingerprint density at radius 2 is 1.35 bits per heavy atom. The molecule has 0 bridgehead atoms. The summed E-state index contributed by atoms with van der Waals surface area (Å²) in [5.74, 6) is -0.416. The minimum absolute atomic E-state index is 0.151. The molecular weight excluding hydrogens is 422 g/mol. The van der Waals surface area contributed by atoms with E-state index in [0.29, 0.717) is 5.84 Å². The van der Waals surface area contributed by atoms with E-state index in [-0.39, 0.29) is 12.0 Å². The second kappa shape index (κ2) is 9.16. The van der Waals surface area contributed by atoms with Gasteiger partial charge in [-0.1, -0.05) is 91.0 Å². The van der Waals surface area contributed by atoms with Gasteiger partial charge < -0.3 is 10.4 Å². The van der Waals surface area contributed by atoms with Crippen molar-refractivity contribution in [2.45, 2.75) is 12.0 Å². The van der Waals surface area contributed by atoms with Crippen LogP contribution in [0.15, 0.2) is 120 Å². The second-order valence-corrected chi connectivity index (χ2v) is 8.11. The third kappa shape index (κ3) is 3.99. The number of carboxylic acid groups (broad SMARTS) is 1. The van der Waals surface area contributed by atoms with Crippen molar-refractivity contribution in [1.29, 1.82) is 0 Å². The van der Waals surface area contributed by atoms with Gasteiger partial charge in [0.05, 0.1) is 11.9 Å². The molecular formula is C29H23N3O2. The van der Waals surface area contributed by atoms with Crippen LogP contribution in [0.25, 0.3) is 6.08 Å². The Labute approximate surface area is 198 Å². The lowest BCUT2D eigenvalue weighted by molar-refractivity contribution is -0.132. The van der Waals surface area contributed by atoms with Crippen molar-refractivity contribution in [3.05, 3.63) is 137 Å². The van der Waals surface area contributed by atoms with Crippen LogP contribution >= 0.6 is 0 Å². The molecule has 34 heavy (non-hydrogen) atoms. The molecule has 5 rings (SSSR count). The van der Waals surface area contributed by atoms with E-state index in [9.17, 15) is 9.90 Å². The number of pyridine rings is 1. The first-order chi connectivity index (χ1) is 16.7. The summed E-state index contributed by atoms with van der Waals surface area (Å²) < 4.78 is 0. The number of aliphatic carboxylic acids is 1. The van der Waals surface area contributed by atoms with E-state index in [4.69, 9.17) is 4.99 Å². The molecule has 0 radical (unpaired) electrons. The molecule has 5 heteroatoms. The van der Waals surface area contributed by atoms with E-state index in [2.05, 4.69) is 46.7 Å². The fourth-order valence-electron chi connectivity index (χ4n) is 4.39. The van der Waals surface area contributed by atoms with Crippen molar-refractivity contribution in [3.63, 3.8) is 0 Å². The van der Waals surface area contributed by atoms with Gasteiger partial charge in [0.1, 0.15) is 11.4 Å². The van der Waals surface area contributed by atoms with Crippen molar-refractivity contribution in [1.82, 2.24) is 4.98 Å². The topological polar surface area (TPSA) is 74.6 Å². The molecule has 0 saturated carbocycles. The number of hydrogen-bond donors (Lipinski definition) is 2. The van der Waals surface area contributed by atoms with Gasteiger partial charge in [-0.3, -0.25) is 9.98 Å². The van der Waals surface area contributed by atoms with Gasteiger partial charge in [0.2, 0.25) is 0 Å². The molecule has 1 aliphatic rings. The van der Waals surface area contributed by atoms with Gasteiger partial charge in [0.15, 0.2) is 0 Å². The summed E-state index contributed by atoms with van der Waals surface area (Å²) in [6.07, 6.45) is 5.19. The van der Waals surface area contributed by atoms with E-state index < -0.39 is 11.5 Å². The van der Waals surface area contributed by atoms with Crippen molar-refractivity contribution < 1.29 is 9.90 Å². The molecule has 0 amide bonds. The predicted octanol–water partition coefficient (Wildman–Crippen LogP) is 5.76. The Balaban J connectivity index is 1.80. The van der Waals surface area contributed by atoms with Crippen LogP contribution in [0.3, 0.4) is 0 Å². The SMILES string of the molecule is O=C(O)C1=Cc2ccncc2NC(=NC(c2ccccc2)(c2ccccc2)c2ccccc2)C1. The first-order valence-electron chi connectivity index (χ1n) is 11.1. The lowest BCUT2D eigenvalue weighted by Crippen LogP contribution is -2.31. The molecule has 3 aromatic carbocycles. The first kappa shape index (κ1) is 21.3. The van der Waals surface area contributed by atoms with E-state index in [1.165, 1.54) is 0 Å². The van der Waals surface area contributed by atoms with Crippen LogP contribution in [0.5, 0.6) is 0 Å². The molecule has 2 N–H and O–H groups in total. The summed E-state index contributed by atoms with van der Waals surface area (Å²) in [6, 6.07) is 32.1. The number of carbonyl (C=O) groups is 1. The highest BCUT2D eigenvalue weighted by Gasteiger charge is 2.37. The number of hydrogen-bond acceptors (Lipinski definition) is 3. The van der Waals surface area contributed by atoms with Crippen LogP contribution in [0.4, 0.5) is 5.69 Å². The first-order valence-corrected chi connectivity index (χ1v) is 11.1. The summed E-state index contributed by atoms with van der Waals surface area (Å²) in [5, 5.41) is 13.3. The number of aliphatic imine (C=N–C) groups is 1. The molecule has 166 valence electrons. The highest BCUT2D eigenvalue weighted by Crippen LogP contribution is 2.41. The van der Waals surface area contributed by atoms with Crippen LogP contribution < -0.4 is 5.32 Å². The summed E-state index contributed by atoms with van der Waals surface area (Å²) in [4.78, 5) is 21.6. The molecule has 0 aliphatic carbocycles. The molecule has 2 heterocycles. The predicted molar refractivity (Wildman–Crippen MR) is 135 cm³/mol. The maximum absolute atomic E-state index is 12.1. The summed E-state index contributed by atoms with van der Waals surface area (Å²) in [7, 11) is 0. The second-order valence-electron chi connectivity index (χ2n) is 8.11. The molecule has 4 aromatic rings. The smallest absolute Gasteiger partial charge is 0.332 e. The Bertz CT molecular complexity index is 1270. The van der Waals surface area contributed by atoms with Crippen molar-refractivity contribution >= 4 is 23.6 Å². The number of nitrogens with one attached hydrogen (secondary N) is 1. The van der Waals surface area contributed by atoms with E-state index in [1.54, 1.807) is 24.5 Å². The van der Waals surface area contributed by atoms with E-state index in [1.807, 2.05) is 54.6 Å². The lowest BCUT2D eigenvalue weighted by atomic mass is 9.77. The van der Waals surface area contributed by atoms with Crippen molar-refractivity contribution in [3.8, 4) is 0 Å². The zero-order valence-corrected chi connectivity index (χ0v) is 18.4. The van der Waals surface area contributed by atoms with Crippen molar-refractivity contribution in [2.75, 3.05) is 5.32 Å². The Morgan fingerprint density at radius 1 is 0.824 bits per heavy atom. The summed E-state index contributed by atoms with van der Waals surface area (Å²) >= 11 is 0. The highest BCUT2D eigenvalue weighted by atomic mass is 16.4. The molecule has 1 aliphatic heterocycles. The third-order valence-corrected chi connectivity index (χ3v) is 5.97. The molecule has 0 fully saturated rings. The fraction of sp³-hybridized carbons (Fsp3) is 0.0690. The quantitative estimate of drug-likeness (QED) is 0.383. The minimum Gasteiger partial charge on any atom is -0.478 e. The van der Waals surface area contributed by atoms with Gasteiger partial charge >= 0.3 is 5.97 Å². The number of carboxylic acids is 1. The van der Waals surface area contributed by atoms with Crippen LogP contribution in [0.1, 0.15) is 28.7 Å². The normalized spacial score (nSPS) is 14.5. The van der Waals surface area contributed by atoms with Gasteiger partial charge in [-0.15, -0.1) is 0 Å². The number of amidine groups is 1. The fourth-order valence-corrected chi connectivity index (χ4v) is 4.39. The van der Waals surface area contributed by atoms with Gasteiger partial charge in [-0.25, -0.2) is 4.79 Å². The van der Waals surface area contributed by atoms with Crippen LogP contribution in [0.2, 0.25) is 0 Å². The Hall–Kier alpha value is -4.51. The number of rotatable bonds is 5. The highest BCUT2D eigenvalue weighted by molar-refractivity contribution is 6.08. The van der Waals surface area contributed by atoms with Gasteiger partial charge in [-0.2, -0.15) is 0 Å². The summed E-state index contributed by atoms with van der Waals surface area (Å²) in [5.41, 5.74) is 3.82. The monoisotopic (exact) mass is 445 g/mol. The zero-order valence-electron chi connectivity index (χ0n) is 18.4. The molecule has 5 nitrogen and oxygen atoms in total. The lowest BCUT2D eigenvalue weighted by Gasteiger charge is -2.33. The standard InChI is InChI=1S/C29H23N3O2/c33-28(34)22-18-21-16-17-30-20-26(21)31-27(19-22)32-29(23-10-4-1-5-11-23,24-12-6-2-7-13-24)25-14-8-3-9-15-25/h1-18,20H,19H2,(H,31,32)(H,33,34). The van der Waals surface area contributed by atoms with Crippen molar-refractivity contribution in [2.24, 2.45) is 4.99 Å². The minimum atomic E-state index is -0.969. The maximum atomic E-state index is 12.1. The number of aromatic nitrogens is 1. The average molecular weight is 446 g/mol. The van der Waals surface area contributed by atoms with Crippen LogP contribution in [0, 0.1) is 0 Å². The Morgan fingerprint density at radius 3 is 1.85 bits per heavy atom. The largest absolute Gasteiger partial charge is 0.478 e. The van der Waals surface area contributed by atoms with Gasteiger partial charge in [0.25, 0.3) is 0 Å². The number of nitrogens with zero attached hydrogens (tertiary/aromatic N) is 2. The number of fused-ring (bicyclic) bond motifs is 1. The Kier molecular flexibility index (Phi) is 5.75. The van der Waals surface area contributed by atoms with Crippen LogP contribution in [-0.2, 0) is 10.3 Å². The van der Waals surface area contributed by atoms with Gasteiger partial charge in [-0.05, 0) is 28.8 Å². The van der Waals surface area contributed by atoms with E-state index in [0.717, 1.165) is 27.9 Å². The van der Waals surface area contributed by atoms with Crippen LogP contribution in [-0.4, -0.2) is 21.9 Å². The molecule has 0 atom stereocenters.